The fraction of sp³-hybridized carbons (Fsp3) is 0.200. The molecule has 3 nitrogen and oxygen atoms in total. The van der Waals surface area contributed by atoms with Crippen LogP contribution in [0.4, 0.5) is 0 Å². The van der Waals surface area contributed by atoms with Crippen molar-refractivity contribution in [3.05, 3.63) is 59.7 Å². The van der Waals surface area contributed by atoms with Gasteiger partial charge in [-0.05, 0) is 11.1 Å². The van der Waals surface area contributed by atoms with Crippen LogP contribution in [-0.4, -0.2) is 13.4 Å². The Bertz CT molecular complexity index is 573. The number of fused-ring (bicyclic) bond motifs is 5. The molecule has 0 aromatic heterocycles. The van der Waals surface area contributed by atoms with Crippen molar-refractivity contribution in [1.82, 2.24) is 0 Å². The maximum atomic E-state index is 5.51. The van der Waals surface area contributed by atoms with Crippen LogP contribution in [0.2, 0.25) is 0 Å². The zero-order valence-electron chi connectivity index (χ0n) is 9.92. The molecule has 2 aliphatic rings. The number of methoxy groups -OCH3 is 1. The molecule has 1 heterocycles. The molecule has 0 saturated carbocycles. The molecule has 2 aromatic carbocycles. The summed E-state index contributed by atoms with van der Waals surface area (Å²) in [5.41, 5.74) is 4.02. The van der Waals surface area contributed by atoms with Gasteiger partial charge in [0.2, 0.25) is 11.9 Å². The smallest absolute Gasteiger partial charge is 0.232 e. The quantitative estimate of drug-likeness (QED) is 0.717. The van der Waals surface area contributed by atoms with Crippen molar-refractivity contribution >= 4 is 0 Å². The van der Waals surface area contributed by atoms with Crippen LogP contribution in [0.5, 0.6) is 0 Å². The SMILES string of the molecule is COC1OOC12c1ccccc1-c1ccccc12. The van der Waals surface area contributed by atoms with E-state index in [2.05, 4.69) is 24.3 Å². The molecule has 18 heavy (non-hydrogen) atoms. The van der Waals surface area contributed by atoms with Crippen molar-refractivity contribution in [2.75, 3.05) is 7.11 Å². The molecule has 0 N–H and O–H groups in total. The molecule has 2 aromatic rings. The van der Waals surface area contributed by atoms with Crippen LogP contribution < -0.4 is 0 Å². The topological polar surface area (TPSA) is 27.7 Å². The highest BCUT2D eigenvalue weighted by Gasteiger charge is 2.60. The van der Waals surface area contributed by atoms with E-state index in [9.17, 15) is 0 Å². The van der Waals surface area contributed by atoms with Crippen molar-refractivity contribution < 1.29 is 14.5 Å². The zero-order valence-corrected chi connectivity index (χ0v) is 9.92. The normalized spacial score (nSPS) is 22.4. The van der Waals surface area contributed by atoms with E-state index >= 15 is 0 Å². The van der Waals surface area contributed by atoms with Crippen molar-refractivity contribution in [3.8, 4) is 11.1 Å². The molecule has 1 aliphatic carbocycles. The van der Waals surface area contributed by atoms with Crippen LogP contribution >= 0.6 is 0 Å². The predicted octanol–water partition coefficient (Wildman–Crippen LogP) is 2.84. The molecule has 90 valence electrons. The maximum absolute atomic E-state index is 5.51. The summed E-state index contributed by atoms with van der Waals surface area (Å²) in [6.07, 6.45) is -0.387. The fourth-order valence-corrected chi connectivity index (χ4v) is 2.96. The van der Waals surface area contributed by atoms with E-state index in [1.54, 1.807) is 7.11 Å². The highest BCUT2D eigenvalue weighted by Crippen LogP contribution is 2.56. The van der Waals surface area contributed by atoms with E-state index in [1.165, 1.54) is 11.1 Å². The summed E-state index contributed by atoms with van der Waals surface area (Å²) in [5.74, 6) is 0. The van der Waals surface area contributed by atoms with Gasteiger partial charge in [0.25, 0.3) is 0 Å². The lowest BCUT2D eigenvalue weighted by Crippen LogP contribution is -2.54. The fourth-order valence-electron chi connectivity index (χ4n) is 2.96. The van der Waals surface area contributed by atoms with E-state index in [0.717, 1.165) is 11.1 Å². The van der Waals surface area contributed by atoms with Gasteiger partial charge < -0.3 is 4.74 Å². The lowest BCUT2D eigenvalue weighted by Gasteiger charge is -2.44. The average Bonchev–Trinajstić information content (AvgIpc) is 2.71. The Balaban J connectivity index is 2.05. The summed E-state index contributed by atoms with van der Waals surface area (Å²) in [7, 11) is 1.64. The molecule has 1 atom stereocenters. The average molecular weight is 240 g/mol. The summed E-state index contributed by atoms with van der Waals surface area (Å²) in [6, 6.07) is 16.5. The van der Waals surface area contributed by atoms with E-state index in [0.29, 0.717) is 0 Å². The second-order valence-corrected chi connectivity index (χ2v) is 4.57. The third kappa shape index (κ3) is 1.00. The first-order valence-corrected chi connectivity index (χ1v) is 5.94. The summed E-state index contributed by atoms with van der Waals surface area (Å²) in [6.45, 7) is 0. The molecule has 0 radical (unpaired) electrons. The van der Waals surface area contributed by atoms with Crippen LogP contribution in [0.1, 0.15) is 11.1 Å². The van der Waals surface area contributed by atoms with Crippen LogP contribution in [0, 0.1) is 0 Å². The first-order chi connectivity index (χ1) is 8.88. The molecule has 1 unspecified atom stereocenters. The first-order valence-electron chi connectivity index (χ1n) is 5.94. The number of ether oxygens (including phenoxy) is 1. The lowest BCUT2D eigenvalue weighted by atomic mass is 9.89. The van der Waals surface area contributed by atoms with Crippen LogP contribution in [-0.2, 0) is 20.1 Å². The Morgan fingerprint density at radius 1 is 0.944 bits per heavy atom. The van der Waals surface area contributed by atoms with E-state index in [1.807, 2.05) is 24.3 Å². The molecule has 4 rings (SSSR count). The van der Waals surface area contributed by atoms with Gasteiger partial charge >= 0.3 is 0 Å². The van der Waals surface area contributed by atoms with Gasteiger partial charge in [0.15, 0.2) is 0 Å². The Morgan fingerprint density at radius 3 is 1.94 bits per heavy atom. The summed E-state index contributed by atoms with van der Waals surface area (Å²) >= 11 is 0. The molecule has 3 heteroatoms. The molecular formula is C15H12O3. The summed E-state index contributed by atoms with van der Waals surface area (Å²) < 4.78 is 5.39. The van der Waals surface area contributed by atoms with Crippen LogP contribution in [0.3, 0.4) is 0 Å². The second kappa shape index (κ2) is 3.42. The Hall–Kier alpha value is -1.68. The van der Waals surface area contributed by atoms with Crippen molar-refractivity contribution in [2.45, 2.75) is 11.9 Å². The van der Waals surface area contributed by atoms with E-state index in [4.69, 9.17) is 14.5 Å². The van der Waals surface area contributed by atoms with Crippen molar-refractivity contribution in [3.63, 3.8) is 0 Å². The van der Waals surface area contributed by atoms with Gasteiger partial charge in [-0.25, -0.2) is 4.89 Å². The van der Waals surface area contributed by atoms with Gasteiger partial charge in [-0.15, -0.1) is 0 Å². The third-order valence-electron chi connectivity index (χ3n) is 3.76. The minimum atomic E-state index is -0.595. The number of hydrogen-bond acceptors (Lipinski definition) is 3. The van der Waals surface area contributed by atoms with Crippen molar-refractivity contribution in [2.24, 2.45) is 0 Å². The number of hydrogen-bond donors (Lipinski definition) is 0. The molecular weight excluding hydrogens is 228 g/mol. The molecule has 1 saturated heterocycles. The maximum Gasteiger partial charge on any atom is 0.232 e. The molecule has 1 spiro atoms. The predicted molar refractivity (Wildman–Crippen MR) is 65.6 cm³/mol. The molecule has 1 fully saturated rings. The van der Waals surface area contributed by atoms with E-state index in [-0.39, 0.29) is 6.29 Å². The first kappa shape index (κ1) is 10.3. The standard InChI is InChI=1S/C15H12O3/c1-16-14-15(18-17-14)12-8-4-2-6-10(12)11-7-3-5-9-13(11)15/h2-9,14H,1H3. The Labute approximate surface area is 105 Å². The number of benzene rings is 2. The molecule has 1 aliphatic heterocycles. The minimum absolute atomic E-state index is 0.387. The van der Waals surface area contributed by atoms with Gasteiger partial charge in [0.05, 0.1) is 0 Å². The highest BCUT2D eigenvalue weighted by molar-refractivity contribution is 5.80. The van der Waals surface area contributed by atoms with Gasteiger partial charge in [-0.2, -0.15) is 4.89 Å². The van der Waals surface area contributed by atoms with Crippen LogP contribution in [0.15, 0.2) is 48.5 Å². The molecule has 0 bridgehead atoms. The third-order valence-corrected chi connectivity index (χ3v) is 3.76. The van der Waals surface area contributed by atoms with Gasteiger partial charge in [-0.3, -0.25) is 0 Å². The van der Waals surface area contributed by atoms with Gasteiger partial charge in [0, 0.05) is 18.2 Å². The zero-order chi connectivity index (χ0) is 12.2. The monoisotopic (exact) mass is 240 g/mol. The van der Waals surface area contributed by atoms with Crippen molar-refractivity contribution in [1.29, 1.82) is 0 Å². The Morgan fingerprint density at radius 2 is 1.50 bits per heavy atom. The summed E-state index contributed by atoms with van der Waals surface area (Å²) in [5, 5.41) is 0. The van der Waals surface area contributed by atoms with E-state index < -0.39 is 5.60 Å². The van der Waals surface area contributed by atoms with Crippen LogP contribution in [0.25, 0.3) is 11.1 Å². The summed E-state index contributed by atoms with van der Waals surface area (Å²) in [4.78, 5) is 10.6. The van der Waals surface area contributed by atoms with Gasteiger partial charge in [0.1, 0.15) is 0 Å². The largest absolute Gasteiger partial charge is 0.350 e. The Kier molecular flexibility index (Phi) is 1.95. The number of rotatable bonds is 1. The minimum Gasteiger partial charge on any atom is -0.350 e. The molecule has 0 amide bonds. The lowest BCUT2D eigenvalue weighted by molar-refractivity contribution is -0.552. The van der Waals surface area contributed by atoms with Gasteiger partial charge in [-0.1, -0.05) is 48.5 Å². The highest BCUT2D eigenvalue weighted by atomic mass is 17.3. The second-order valence-electron chi connectivity index (χ2n) is 4.57.